The summed E-state index contributed by atoms with van der Waals surface area (Å²) in [5, 5.41) is 3.23. The van der Waals surface area contributed by atoms with Crippen LogP contribution in [0.3, 0.4) is 0 Å². The number of nitrogens with zero attached hydrogens (tertiary/aromatic N) is 3. The predicted molar refractivity (Wildman–Crippen MR) is 90.8 cm³/mol. The molecular weight excluding hydrogens is 330 g/mol. The van der Waals surface area contributed by atoms with Crippen LogP contribution in [0.15, 0.2) is 23.3 Å². The summed E-state index contributed by atoms with van der Waals surface area (Å²) < 4.78 is 1.61. The fourth-order valence-corrected chi connectivity index (χ4v) is 4.16. The van der Waals surface area contributed by atoms with E-state index in [1.165, 1.54) is 18.5 Å². The highest BCUT2D eigenvalue weighted by Gasteiger charge is 2.47. The number of nitrogens with one attached hydrogen (secondary N) is 1. The first-order valence-corrected chi connectivity index (χ1v) is 8.22. The number of aromatic nitrogens is 3. The fraction of sp³-hybridized carbons (Fsp3) is 0.375. The monoisotopic (exact) mass is 345 g/mol. The van der Waals surface area contributed by atoms with Crippen LogP contribution in [0, 0.1) is 0 Å². The Hall–Kier alpha value is -2.41. The molecule has 1 spiro atoms. The Balaban J connectivity index is 1.85. The summed E-state index contributed by atoms with van der Waals surface area (Å²) in [6.45, 7) is 0. The third kappa shape index (κ3) is 2.19. The zero-order valence-corrected chi connectivity index (χ0v) is 13.6. The number of carbonyl (C=O) groups excluding carboxylic acids is 1. The lowest BCUT2D eigenvalue weighted by atomic mass is 9.94. The highest BCUT2D eigenvalue weighted by Crippen LogP contribution is 2.45. The molecule has 2 aromatic rings. The van der Waals surface area contributed by atoms with Crippen molar-refractivity contribution < 1.29 is 4.79 Å². The Labute approximate surface area is 142 Å². The van der Waals surface area contributed by atoms with Crippen molar-refractivity contribution in [3.63, 3.8) is 0 Å². The van der Waals surface area contributed by atoms with Crippen molar-refractivity contribution >= 4 is 34.7 Å². The third-order valence-electron chi connectivity index (χ3n) is 4.87. The Morgan fingerprint density at radius 3 is 2.67 bits per heavy atom. The maximum Gasteiger partial charge on any atom is 0.275 e. The molecule has 4 rings (SSSR count). The van der Waals surface area contributed by atoms with Gasteiger partial charge in [-0.2, -0.15) is 0 Å². The van der Waals surface area contributed by atoms with E-state index < -0.39 is 5.54 Å². The van der Waals surface area contributed by atoms with Gasteiger partial charge in [0.2, 0.25) is 0 Å². The number of nitrogens with two attached hydrogens (primary N) is 1. The lowest BCUT2D eigenvalue weighted by Crippen LogP contribution is -2.37. The predicted octanol–water partition coefficient (Wildman–Crippen LogP) is 2.47. The van der Waals surface area contributed by atoms with Crippen molar-refractivity contribution in [1.82, 2.24) is 14.5 Å². The molecule has 0 unspecified atom stereocenters. The second-order valence-corrected chi connectivity index (χ2v) is 6.79. The van der Waals surface area contributed by atoms with E-state index in [0.29, 0.717) is 23.8 Å². The molecule has 0 radical (unpaired) electrons. The van der Waals surface area contributed by atoms with Gasteiger partial charge in [-0.05, 0) is 18.9 Å². The van der Waals surface area contributed by atoms with E-state index in [-0.39, 0.29) is 22.1 Å². The van der Waals surface area contributed by atoms with Crippen LogP contribution in [-0.4, -0.2) is 20.3 Å². The van der Waals surface area contributed by atoms with Crippen LogP contribution in [0.1, 0.15) is 42.6 Å². The molecule has 0 atom stereocenters. The quantitative estimate of drug-likeness (QED) is 0.866. The molecule has 2 aromatic heterocycles. The maximum absolute atomic E-state index is 13.0. The standard InChI is InChI=1S/C16H16ClN5O2/c17-9-5-10(21-13-6-12(18)19-8-20-13)15(24)22-14(9)11(23)7-16(22)3-1-2-4-16/h5-6,8H,1-4,7H2,(H3,18,19,20,21). The number of rotatable bonds is 2. The number of hydrogen-bond donors (Lipinski definition) is 2. The number of anilines is 3. The molecule has 3 heterocycles. The van der Waals surface area contributed by atoms with Crippen LogP contribution < -0.4 is 16.6 Å². The van der Waals surface area contributed by atoms with Crippen LogP contribution >= 0.6 is 11.6 Å². The van der Waals surface area contributed by atoms with E-state index >= 15 is 0 Å². The summed E-state index contributed by atoms with van der Waals surface area (Å²) >= 11 is 6.32. The molecule has 0 amide bonds. The first kappa shape index (κ1) is 15.1. The Kier molecular flexibility index (Phi) is 3.35. The highest BCUT2D eigenvalue weighted by atomic mass is 35.5. The topological polar surface area (TPSA) is 103 Å². The van der Waals surface area contributed by atoms with Gasteiger partial charge in [0, 0.05) is 12.5 Å². The van der Waals surface area contributed by atoms with Gasteiger partial charge in [0.1, 0.15) is 29.3 Å². The van der Waals surface area contributed by atoms with Crippen LogP contribution in [0.25, 0.3) is 0 Å². The summed E-state index contributed by atoms with van der Waals surface area (Å²) in [7, 11) is 0. The average Bonchev–Trinajstić information content (AvgIpc) is 3.10. The van der Waals surface area contributed by atoms with Gasteiger partial charge in [-0.1, -0.05) is 24.4 Å². The molecule has 0 bridgehead atoms. The van der Waals surface area contributed by atoms with Crippen LogP contribution in [0.2, 0.25) is 5.02 Å². The zero-order valence-electron chi connectivity index (χ0n) is 12.9. The molecule has 3 N–H and O–H groups in total. The Bertz CT molecular complexity index is 902. The zero-order chi connectivity index (χ0) is 16.9. The van der Waals surface area contributed by atoms with E-state index in [1.807, 2.05) is 0 Å². The molecule has 7 nitrogen and oxygen atoms in total. The number of Topliss-reactive ketones (excluding diaryl/α,β-unsaturated/α-hetero) is 1. The minimum absolute atomic E-state index is 0.0585. The van der Waals surface area contributed by atoms with Gasteiger partial charge in [-0.3, -0.25) is 14.2 Å². The van der Waals surface area contributed by atoms with E-state index in [0.717, 1.165) is 25.7 Å². The Morgan fingerprint density at radius 1 is 1.21 bits per heavy atom. The summed E-state index contributed by atoms with van der Waals surface area (Å²) in [5.41, 5.74) is 5.58. The van der Waals surface area contributed by atoms with Crippen molar-refractivity contribution in [2.24, 2.45) is 0 Å². The van der Waals surface area contributed by atoms with E-state index in [1.54, 1.807) is 4.57 Å². The summed E-state index contributed by atoms with van der Waals surface area (Å²) in [6, 6.07) is 3.02. The molecule has 0 saturated heterocycles. The number of fused-ring (bicyclic) bond motifs is 2. The summed E-state index contributed by atoms with van der Waals surface area (Å²) in [6.07, 6.45) is 5.34. The van der Waals surface area contributed by atoms with E-state index in [4.69, 9.17) is 17.3 Å². The minimum Gasteiger partial charge on any atom is -0.384 e. The van der Waals surface area contributed by atoms with Gasteiger partial charge in [-0.25, -0.2) is 9.97 Å². The van der Waals surface area contributed by atoms with Gasteiger partial charge < -0.3 is 11.1 Å². The van der Waals surface area contributed by atoms with Gasteiger partial charge in [0.15, 0.2) is 5.78 Å². The lowest BCUT2D eigenvalue weighted by molar-refractivity contribution is 0.0971. The molecule has 2 aliphatic rings. The van der Waals surface area contributed by atoms with Crippen LogP contribution in [0.5, 0.6) is 0 Å². The first-order chi connectivity index (χ1) is 11.5. The van der Waals surface area contributed by atoms with Crippen molar-refractivity contribution in [2.45, 2.75) is 37.6 Å². The van der Waals surface area contributed by atoms with Gasteiger partial charge in [0.05, 0.1) is 10.6 Å². The number of pyridine rings is 1. The third-order valence-corrected chi connectivity index (χ3v) is 5.16. The van der Waals surface area contributed by atoms with Crippen molar-refractivity contribution in [1.29, 1.82) is 0 Å². The molecule has 0 aromatic carbocycles. The second-order valence-electron chi connectivity index (χ2n) is 6.38. The smallest absolute Gasteiger partial charge is 0.275 e. The summed E-state index contributed by atoms with van der Waals surface area (Å²) in [4.78, 5) is 33.3. The van der Waals surface area contributed by atoms with Crippen LogP contribution in [-0.2, 0) is 5.54 Å². The molecule has 1 aliphatic carbocycles. The van der Waals surface area contributed by atoms with Crippen molar-refractivity contribution in [3.8, 4) is 0 Å². The average molecular weight is 346 g/mol. The Morgan fingerprint density at radius 2 is 1.96 bits per heavy atom. The molecule has 1 aliphatic heterocycles. The molecule has 124 valence electrons. The number of nitrogen functional groups attached to an aromatic ring is 1. The molecule has 24 heavy (non-hydrogen) atoms. The lowest BCUT2D eigenvalue weighted by Gasteiger charge is -2.26. The number of ketones is 1. The first-order valence-electron chi connectivity index (χ1n) is 7.84. The maximum atomic E-state index is 13.0. The normalized spacial score (nSPS) is 18.1. The van der Waals surface area contributed by atoms with Gasteiger partial charge >= 0.3 is 0 Å². The highest BCUT2D eigenvalue weighted by molar-refractivity contribution is 6.34. The van der Waals surface area contributed by atoms with E-state index in [9.17, 15) is 9.59 Å². The minimum atomic E-state index is -0.421. The SMILES string of the molecule is Nc1cc(Nc2cc(Cl)c3n(c2=O)C2(CCCC2)CC3=O)ncn1. The summed E-state index contributed by atoms with van der Waals surface area (Å²) in [5.74, 6) is 0.639. The fourth-order valence-electron chi connectivity index (χ4n) is 3.86. The number of halogens is 1. The van der Waals surface area contributed by atoms with E-state index in [2.05, 4.69) is 15.3 Å². The van der Waals surface area contributed by atoms with Crippen molar-refractivity contribution in [2.75, 3.05) is 11.1 Å². The molecular formula is C16H16ClN5O2. The van der Waals surface area contributed by atoms with Gasteiger partial charge in [-0.15, -0.1) is 0 Å². The van der Waals surface area contributed by atoms with Crippen LogP contribution in [0.4, 0.5) is 17.3 Å². The number of hydrogen-bond acceptors (Lipinski definition) is 6. The largest absolute Gasteiger partial charge is 0.384 e. The van der Waals surface area contributed by atoms with Gasteiger partial charge in [0.25, 0.3) is 5.56 Å². The molecule has 1 fully saturated rings. The molecule has 1 saturated carbocycles. The number of carbonyl (C=O) groups is 1. The molecule has 8 heteroatoms. The van der Waals surface area contributed by atoms with Crippen molar-refractivity contribution in [3.05, 3.63) is 39.5 Å². The second kappa shape index (κ2) is 5.31.